The van der Waals surface area contributed by atoms with Gasteiger partial charge in [-0.05, 0) is 13.2 Å². The topological polar surface area (TPSA) is 55.6 Å². The number of thioether (sulfide) groups is 1. The molecule has 0 aliphatic carbocycles. The minimum Gasteiger partial charge on any atom is -0.366 e. The van der Waals surface area contributed by atoms with E-state index in [1.165, 1.54) is 11.8 Å². The van der Waals surface area contributed by atoms with Crippen LogP contribution in [0.5, 0.6) is 0 Å². The van der Waals surface area contributed by atoms with Crippen molar-refractivity contribution in [3.05, 3.63) is 28.7 Å². The van der Waals surface area contributed by atoms with Crippen LogP contribution in [0.15, 0.2) is 17.4 Å². The Hall–Kier alpha value is -1.27. The predicted molar refractivity (Wildman–Crippen MR) is 74.1 cm³/mol. The summed E-state index contributed by atoms with van der Waals surface area (Å²) >= 11 is 7.39. The van der Waals surface area contributed by atoms with E-state index in [0.717, 1.165) is 17.1 Å². The monoisotopic (exact) mass is 283 g/mol. The third-order valence-electron chi connectivity index (χ3n) is 2.65. The fourth-order valence-corrected chi connectivity index (χ4v) is 2.09. The van der Waals surface area contributed by atoms with E-state index in [2.05, 4.69) is 20.4 Å². The lowest BCUT2D eigenvalue weighted by atomic mass is 10.2. The Labute approximate surface area is 115 Å². The number of rotatable bonds is 4. The maximum Gasteiger partial charge on any atom is 0.190 e. The molecule has 0 aliphatic heterocycles. The summed E-state index contributed by atoms with van der Waals surface area (Å²) in [5, 5.41) is 8.53. The van der Waals surface area contributed by atoms with E-state index in [9.17, 15) is 0 Å². The Balaban J connectivity index is 2.10. The van der Waals surface area contributed by atoms with Gasteiger partial charge in [-0.25, -0.2) is 9.97 Å². The normalized spacial score (nSPS) is 10.7. The molecule has 5 nitrogen and oxygen atoms in total. The Bertz CT molecular complexity index is 554. The quantitative estimate of drug-likeness (QED) is 0.531. The highest BCUT2D eigenvalue weighted by Crippen LogP contribution is 2.18. The summed E-state index contributed by atoms with van der Waals surface area (Å²) in [6.07, 6.45) is 3.77. The summed E-state index contributed by atoms with van der Waals surface area (Å²) in [5.74, 6) is 0.725. The standard InChI is InChI=1S/C11H14ClN5S/c1-7-8(6-14-17(7)2)5-13-10-4-9(12)15-11(16-10)18-3/h4,6H,5H2,1-3H3,(H,13,15,16). The lowest BCUT2D eigenvalue weighted by molar-refractivity contribution is 0.738. The number of anilines is 1. The molecule has 0 saturated carbocycles. The van der Waals surface area contributed by atoms with E-state index < -0.39 is 0 Å². The SMILES string of the molecule is CSc1nc(Cl)cc(NCc2cnn(C)c2C)n1. The zero-order chi connectivity index (χ0) is 13.1. The first-order chi connectivity index (χ1) is 8.60. The molecule has 0 spiro atoms. The minimum atomic E-state index is 0.444. The van der Waals surface area contributed by atoms with Crippen LogP contribution < -0.4 is 5.32 Å². The Morgan fingerprint density at radius 3 is 2.83 bits per heavy atom. The summed E-state index contributed by atoms with van der Waals surface area (Å²) in [6.45, 7) is 2.70. The average Bonchev–Trinajstić information content (AvgIpc) is 2.67. The van der Waals surface area contributed by atoms with Crippen molar-refractivity contribution in [1.29, 1.82) is 0 Å². The smallest absolute Gasteiger partial charge is 0.190 e. The molecule has 7 heteroatoms. The Morgan fingerprint density at radius 2 is 2.22 bits per heavy atom. The fourth-order valence-electron chi connectivity index (χ4n) is 1.48. The predicted octanol–water partition coefficient (Wildman–Crippen LogP) is 2.51. The van der Waals surface area contributed by atoms with E-state index in [-0.39, 0.29) is 0 Å². The van der Waals surface area contributed by atoms with Gasteiger partial charge in [0.15, 0.2) is 5.16 Å². The number of halogens is 1. The van der Waals surface area contributed by atoms with E-state index in [1.54, 1.807) is 6.07 Å². The highest BCUT2D eigenvalue weighted by Gasteiger charge is 2.05. The molecule has 0 bridgehead atoms. The third-order valence-corrected chi connectivity index (χ3v) is 3.40. The summed E-state index contributed by atoms with van der Waals surface area (Å²) in [7, 11) is 1.92. The first kappa shape index (κ1) is 13.2. The van der Waals surface area contributed by atoms with Crippen molar-refractivity contribution in [2.24, 2.45) is 7.05 Å². The summed E-state index contributed by atoms with van der Waals surface area (Å²) in [6, 6.07) is 1.72. The van der Waals surface area contributed by atoms with Gasteiger partial charge < -0.3 is 5.32 Å². The number of nitrogens with one attached hydrogen (secondary N) is 1. The first-order valence-corrected chi connectivity index (χ1v) is 7.00. The van der Waals surface area contributed by atoms with Gasteiger partial charge in [-0.2, -0.15) is 5.10 Å². The molecule has 0 amide bonds. The molecule has 2 rings (SSSR count). The molecule has 0 fully saturated rings. The molecule has 0 aromatic carbocycles. The van der Waals surface area contributed by atoms with E-state index in [4.69, 9.17) is 11.6 Å². The van der Waals surface area contributed by atoms with Crippen molar-refractivity contribution in [2.45, 2.75) is 18.6 Å². The van der Waals surface area contributed by atoms with Gasteiger partial charge in [0.25, 0.3) is 0 Å². The van der Waals surface area contributed by atoms with Crippen LogP contribution in [0, 0.1) is 6.92 Å². The van der Waals surface area contributed by atoms with Crippen LogP contribution in [-0.4, -0.2) is 26.0 Å². The van der Waals surface area contributed by atoms with Gasteiger partial charge in [0.05, 0.1) is 6.20 Å². The van der Waals surface area contributed by atoms with Crippen molar-refractivity contribution >= 4 is 29.2 Å². The van der Waals surface area contributed by atoms with Crippen molar-refractivity contribution in [2.75, 3.05) is 11.6 Å². The van der Waals surface area contributed by atoms with Gasteiger partial charge in [-0.1, -0.05) is 23.4 Å². The largest absolute Gasteiger partial charge is 0.366 e. The number of aromatic nitrogens is 4. The van der Waals surface area contributed by atoms with Crippen LogP contribution in [-0.2, 0) is 13.6 Å². The lowest BCUT2D eigenvalue weighted by Crippen LogP contribution is -2.04. The molecule has 0 radical (unpaired) electrons. The minimum absolute atomic E-state index is 0.444. The average molecular weight is 284 g/mol. The molecule has 2 heterocycles. The number of hydrogen-bond acceptors (Lipinski definition) is 5. The van der Waals surface area contributed by atoms with Gasteiger partial charge >= 0.3 is 0 Å². The van der Waals surface area contributed by atoms with E-state index in [0.29, 0.717) is 16.9 Å². The molecule has 0 unspecified atom stereocenters. The van der Waals surface area contributed by atoms with Gasteiger partial charge in [-0.15, -0.1) is 0 Å². The van der Waals surface area contributed by atoms with Gasteiger partial charge in [0.2, 0.25) is 0 Å². The maximum absolute atomic E-state index is 5.92. The molecule has 2 aromatic rings. The Morgan fingerprint density at radius 1 is 1.44 bits per heavy atom. The third kappa shape index (κ3) is 2.94. The summed E-state index contributed by atoms with van der Waals surface area (Å²) in [5.41, 5.74) is 2.27. The van der Waals surface area contributed by atoms with Crippen molar-refractivity contribution in [3.63, 3.8) is 0 Å². The molecule has 0 atom stereocenters. The number of hydrogen-bond donors (Lipinski definition) is 1. The summed E-state index contributed by atoms with van der Waals surface area (Å²) in [4.78, 5) is 8.42. The van der Waals surface area contributed by atoms with Crippen LogP contribution in [0.25, 0.3) is 0 Å². The van der Waals surface area contributed by atoms with E-state index >= 15 is 0 Å². The van der Waals surface area contributed by atoms with Crippen LogP contribution in [0.3, 0.4) is 0 Å². The second kappa shape index (κ2) is 5.58. The highest BCUT2D eigenvalue weighted by atomic mass is 35.5. The van der Waals surface area contributed by atoms with Gasteiger partial charge in [-0.3, -0.25) is 4.68 Å². The zero-order valence-corrected chi connectivity index (χ0v) is 12.0. The molecule has 2 aromatic heterocycles. The zero-order valence-electron chi connectivity index (χ0n) is 10.4. The van der Waals surface area contributed by atoms with Gasteiger partial charge in [0, 0.05) is 30.9 Å². The van der Waals surface area contributed by atoms with Crippen LogP contribution in [0.2, 0.25) is 5.15 Å². The Kier molecular flexibility index (Phi) is 4.08. The molecule has 1 N–H and O–H groups in total. The highest BCUT2D eigenvalue weighted by molar-refractivity contribution is 7.98. The molecule has 0 saturated heterocycles. The van der Waals surface area contributed by atoms with Crippen LogP contribution >= 0.6 is 23.4 Å². The van der Waals surface area contributed by atoms with Crippen molar-refractivity contribution in [3.8, 4) is 0 Å². The molecular weight excluding hydrogens is 270 g/mol. The van der Waals surface area contributed by atoms with Gasteiger partial charge in [0.1, 0.15) is 11.0 Å². The van der Waals surface area contributed by atoms with E-state index in [1.807, 2.05) is 31.1 Å². The first-order valence-electron chi connectivity index (χ1n) is 5.40. The molecule has 0 aliphatic rings. The van der Waals surface area contributed by atoms with Crippen LogP contribution in [0.1, 0.15) is 11.3 Å². The van der Waals surface area contributed by atoms with Crippen molar-refractivity contribution < 1.29 is 0 Å². The number of nitrogens with zero attached hydrogens (tertiary/aromatic N) is 4. The second-order valence-corrected chi connectivity index (χ2v) is 4.96. The molecule has 18 heavy (non-hydrogen) atoms. The molecule has 96 valence electrons. The maximum atomic E-state index is 5.92. The number of aryl methyl sites for hydroxylation is 1. The molecular formula is C11H14ClN5S. The summed E-state index contributed by atoms with van der Waals surface area (Å²) < 4.78 is 1.84. The second-order valence-electron chi connectivity index (χ2n) is 3.79. The van der Waals surface area contributed by atoms with Crippen molar-refractivity contribution in [1.82, 2.24) is 19.7 Å². The van der Waals surface area contributed by atoms with Crippen LogP contribution in [0.4, 0.5) is 5.82 Å². The fraction of sp³-hybridized carbons (Fsp3) is 0.364. The lowest BCUT2D eigenvalue weighted by Gasteiger charge is -2.06.